The molecule has 3 N–H and O–H groups in total. The Balaban J connectivity index is 0.000000219. The van der Waals surface area contributed by atoms with Crippen molar-refractivity contribution in [2.45, 2.75) is 62.9 Å². The minimum absolute atomic E-state index is 0.0653. The van der Waals surface area contributed by atoms with Crippen molar-refractivity contribution < 1.29 is 40.4 Å². The summed E-state index contributed by atoms with van der Waals surface area (Å²) < 4.78 is 89.8. The number of carbonyl (C=O) groups excluding carboxylic acids is 1. The Labute approximate surface area is 351 Å². The van der Waals surface area contributed by atoms with Crippen molar-refractivity contribution in [1.29, 1.82) is 0 Å². The van der Waals surface area contributed by atoms with Gasteiger partial charge in [-0.25, -0.2) is 30.8 Å². The largest absolute Gasteiger partial charge is 0.460 e. The molecule has 0 unspecified atom stereocenters. The van der Waals surface area contributed by atoms with E-state index in [2.05, 4.69) is 25.4 Å². The first-order valence-electron chi connectivity index (χ1n) is 18.8. The second-order valence-electron chi connectivity index (χ2n) is 15.5. The van der Waals surface area contributed by atoms with Crippen LogP contribution < -0.4 is 14.1 Å². The van der Waals surface area contributed by atoms with Gasteiger partial charge < -0.3 is 4.74 Å². The van der Waals surface area contributed by atoms with Crippen LogP contribution in [-0.4, -0.2) is 46.7 Å². The number of aryl methyl sites for hydroxylation is 2. The molecule has 1 aliphatic rings. The molecule has 6 aromatic carbocycles. The van der Waals surface area contributed by atoms with Crippen molar-refractivity contribution in [3.8, 4) is 0 Å². The van der Waals surface area contributed by atoms with Crippen molar-refractivity contribution in [3.63, 3.8) is 0 Å². The molecule has 59 heavy (non-hydrogen) atoms. The van der Waals surface area contributed by atoms with Crippen LogP contribution in [0.5, 0.6) is 0 Å². The van der Waals surface area contributed by atoms with Crippen LogP contribution >= 0.6 is 15.9 Å². The van der Waals surface area contributed by atoms with Gasteiger partial charge in [-0.05, 0) is 99.7 Å². The SMILES string of the molecule is Cc1ccc(F)cc1S(=O)(=O)Nc1ccc(Br)c2ccccc12.Cc1ccc(F)cc1S(=O)(=O)Nc1ccc([N+]2(O)CCC(C(=O)OC(C)(C)C)CC2)c2ccccc12. The molecule has 1 saturated heterocycles. The predicted molar refractivity (Wildman–Crippen MR) is 231 cm³/mol. The standard InChI is InChI=1S/C27H32FN2O5S.C17H13BrFNO2S/c1-18-9-10-20(28)17-25(18)36(33,34)29-23-11-12-24(22-8-6-5-7-21(22)23)30(32)15-13-19(14-16-30)26(31)35-27(2,3)4;1-11-6-7-12(19)10-17(11)23(21,22)20-16-9-8-15(18)13-4-2-3-5-14(13)16/h5-12,17,19,29,32H,13-16H2,1-4H3;2-10,20H,1H3/q+1;. The number of nitrogens with one attached hydrogen (secondary N) is 2. The van der Waals surface area contributed by atoms with Crippen LogP contribution in [0.4, 0.5) is 25.8 Å². The van der Waals surface area contributed by atoms with E-state index in [-0.39, 0.29) is 26.3 Å². The highest BCUT2D eigenvalue weighted by Crippen LogP contribution is 2.39. The van der Waals surface area contributed by atoms with Crippen molar-refractivity contribution in [3.05, 3.63) is 136 Å². The van der Waals surface area contributed by atoms with Crippen LogP contribution in [0.2, 0.25) is 0 Å². The Bertz CT molecular complexity index is 2790. The number of ether oxygens (including phenoxy) is 1. The number of hydroxylamine groups is 2. The lowest BCUT2D eigenvalue weighted by Gasteiger charge is -2.37. The quantitative estimate of drug-likeness (QED) is 0.102. The molecule has 1 aliphatic heterocycles. The molecule has 0 atom stereocenters. The molecule has 0 radical (unpaired) electrons. The van der Waals surface area contributed by atoms with E-state index in [1.807, 2.05) is 57.2 Å². The number of benzene rings is 6. The summed E-state index contributed by atoms with van der Waals surface area (Å²) in [6, 6.07) is 28.8. The average molecular weight is 910 g/mol. The fraction of sp³-hybridized carbons (Fsp3) is 0.250. The maximum atomic E-state index is 13.8. The summed E-state index contributed by atoms with van der Waals surface area (Å²) in [5, 5.41) is 14.5. The fourth-order valence-electron chi connectivity index (χ4n) is 7.07. The van der Waals surface area contributed by atoms with Gasteiger partial charge >= 0.3 is 5.97 Å². The first kappa shape index (κ1) is 43.6. The van der Waals surface area contributed by atoms with E-state index in [1.165, 1.54) is 24.3 Å². The molecular formula is C44H45BrF2N3O7S2+. The number of nitrogens with zero attached hydrogens (tertiary/aromatic N) is 1. The van der Waals surface area contributed by atoms with Crippen molar-refractivity contribution in [1.82, 2.24) is 4.65 Å². The van der Waals surface area contributed by atoms with Gasteiger partial charge in [0.25, 0.3) is 20.0 Å². The summed E-state index contributed by atoms with van der Waals surface area (Å²) >= 11 is 3.45. The van der Waals surface area contributed by atoms with Gasteiger partial charge in [0, 0.05) is 39.5 Å². The van der Waals surface area contributed by atoms with Crippen LogP contribution in [0, 0.1) is 31.4 Å². The van der Waals surface area contributed by atoms with Crippen LogP contribution in [0.3, 0.4) is 0 Å². The smallest absolute Gasteiger partial charge is 0.309 e. The molecule has 0 aromatic heterocycles. The van der Waals surface area contributed by atoms with Gasteiger partial charge in [-0.2, -0.15) is 0 Å². The number of hydrogen-bond donors (Lipinski definition) is 3. The number of esters is 1. The average Bonchev–Trinajstić information content (AvgIpc) is 3.17. The monoisotopic (exact) mass is 908 g/mol. The second-order valence-corrected chi connectivity index (χ2v) is 19.7. The number of piperidine rings is 1. The molecule has 10 nitrogen and oxygen atoms in total. The van der Waals surface area contributed by atoms with Gasteiger partial charge in [0.1, 0.15) is 30.3 Å². The zero-order chi connectivity index (χ0) is 42.9. The summed E-state index contributed by atoms with van der Waals surface area (Å²) in [4.78, 5) is 12.3. The topological polar surface area (TPSA) is 139 Å². The molecule has 1 fully saturated rings. The fourth-order valence-corrected chi connectivity index (χ4v) is 10.2. The summed E-state index contributed by atoms with van der Waals surface area (Å²) in [5.41, 5.74) is 1.75. The van der Waals surface area contributed by atoms with Gasteiger partial charge in [-0.1, -0.05) is 70.5 Å². The van der Waals surface area contributed by atoms with Gasteiger partial charge in [0.15, 0.2) is 5.69 Å². The molecule has 1 heterocycles. The Morgan fingerprint density at radius 2 is 1.14 bits per heavy atom. The van der Waals surface area contributed by atoms with Gasteiger partial charge in [0.2, 0.25) is 0 Å². The van der Waals surface area contributed by atoms with Crippen LogP contribution in [0.25, 0.3) is 21.5 Å². The summed E-state index contributed by atoms with van der Waals surface area (Å²) in [6.45, 7) is 9.37. The lowest BCUT2D eigenvalue weighted by atomic mass is 9.94. The highest BCUT2D eigenvalue weighted by molar-refractivity contribution is 9.10. The number of carbonyl (C=O) groups is 1. The molecule has 7 rings (SSSR count). The zero-order valence-corrected chi connectivity index (χ0v) is 36.3. The Morgan fingerprint density at radius 1 is 0.695 bits per heavy atom. The summed E-state index contributed by atoms with van der Waals surface area (Å²) in [7, 11) is -7.93. The number of sulfonamides is 2. The van der Waals surface area contributed by atoms with Gasteiger partial charge in [-0.15, -0.1) is 4.65 Å². The lowest BCUT2D eigenvalue weighted by Crippen LogP contribution is -2.53. The number of rotatable bonds is 8. The van der Waals surface area contributed by atoms with E-state index < -0.39 is 37.3 Å². The molecule has 310 valence electrons. The number of halogens is 3. The number of quaternary nitrogens is 1. The Hall–Kier alpha value is -4.93. The number of anilines is 2. The van der Waals surface area contributed by atoms with Crippen molar-refractivity contribution in [2.24, 2.45) is 5.92 Å². The maximum absolute atomic E-state index is 13.8. The minimum Gasteiger partial charge on any atom is -0.460 e. The maximum Gasteiger partial charge on any atom is 0.309 e. The third-order valence-electron chi connectivity index (χ3n) is 10.0. The molecular weight excluding hydrogens is 865 g/mol. The Morgan fingerprint density at radius 3 is 1.63 bits per heavy atom. The number of fused-ring (bicyclic) bond motifs is 2. The normalized spacial score (nSPS) is 17.2. The minimum atomic E-state index is -4.05. The lowest BCUT2D eigenvalue weighted by molar-refractivity contribution is -0.165. The molecule has 0 spiro atoms. The molecule has 0 saturated carbocycles. The molecule has 15 heteroatoms. The highest BCUT2D eigenvalue weighted by Gasteiger charge is 2.40. The third-order valence-corrected chi connectivity index (χ3v) is 13.7. The van der Waals surface area contributed by atoms with Crippen LogP contribution in [0.15, 0.2) is 123 Å². The van der Waals surface area contributed by atoms with E-state index in [0.717, 1.165) is 27.4 Å². The zero-order valence-electron chi connectivity index (χ0n) is 33.1. The van der Waals surface area contributed by atoms with Crippen LogP contribution in [-0.2, 0) is 29.6 Å². The molecule has 6 aromatic rings. The summed E-state index contributed by atoms with van der Waals surface area (Å²) in [6.07, 6.45) is 0.930. The highest BCUT2D eigenvalue weighted by atomic mass is 79.9. The van der Waals surface area contributed by atoms with Gasteiger partial charge in [0.05, 0.1) is 27.1 Å². The van der Waals surface area contributed by atoms with E-state index in [0.29, 0.717) is 64.9 Å². The van der Waals surface area contributed by atoms with E-state index in [1.54, 1.807) is 50.2 Å². The van der Waals surface area contributed by atoms with E-state index in [9.17, 15) is 35.6 Å². The first-order valence-corrected chi connectivity index (χ1v) is 22.5. The summed E-state index contributed by atoms with van der Waals surface area (Å²) in [5.74, 6) is -1.76. The predicted octanol–water partition coefficient (Wildman–Crippen LogP) is 10.4. The van der Waals surface area contributed by atoms with Crippen LogP contribution in [0.1, 0.15) is 44.7 Å². The first-order chi connectivity index (χ1) is 27.7. The van der Waals surface area contributed by atoms with E-state index >= 15 is 0 Å². The molecule has 0 bridgehead atoms. The Kier molecular flexibility index (Phi) is 12.6. The second kappa shape index (κ2) is 17.0. The van der Waals surface area contributed by atoms with E-state index in [4.69, 9.17) is 4.74 Å². The number of hydrogen-bond acceptors (Lipinski definition) is 7. The molecule has 0 aliphatic carbocycles. The molecule has 0 amide bonds. The van der Waals surface area contributed by atoms with Gasteiger partial charge in [-0.3, -0.25) is 14.2 Å². The third kappa shape index (κ3) is 9.93. The van der Waals surface area contributed by atoms with Crippen molar-refractivity contribution >= 4 is 80.6 Å². The van der Waals surface area contributed by atoms with Crippen molar-refractivity contribution in [2.75, 3.05) is 22.5 Å².